The van der Waals surface area contributed by atoms with Gasteiger partial charge >= 0.3 is 0 Å². The summed E-state index contributed by atoms with van der Waals surface area (Å²) in [6.07, 6.45) is -0.141. The number of hydrogen-bond donors (Lipinski definition) is 0. The molecule has 38 valence electrons. The van der Waals surface area contributed by atoms with Gasteiger partial charge in [0.1, 0.15) is 6.42 Å². The predicted octanol–water partition coefficient (Wildman–Crippen LogP) is 2.00. The fourth-order valence-electron chi connectivity index (χ4n) is 0.154. The first-order valence-electron chi connectivity index (χ1n) is 2.06. The fourth-order valence-corrected chi connectivity index (χ4v) is 0.463. The Labute approximate surface area is 39.9 Å². The van der Waals surface area contributed by atoms with Crippen LogP contribution in [0.3, 0.4) is 0 Å². The van der Waals surface area contributed by atoms with Crippen LogP contribution in [0.1, 0.15) is 13.8 Å². The molecule has 0 aromatic rings. The summed E-state index contributed by atoms with van der Waals surface area (Å²) >= 11 is 0. The van der Waals surface area contributed by atoms with Gasteiger partial charge in [-0.1, -0.05) is 22.4 Å². The second kappa shape index (κ2) is 3.55. The molecule has 0 rings (SSSR count). The van der Waals surface area contributed by atoms with Crippen molar-refractivity contribution in [3.05, 3.63) is 0 Å². The Morgan fingerprint density at radius 3 is 2.17 bits per heavy atom. The normalized spacial score (nSPS) is 12.0. The molecule has 0 nitrogen and oxygen atoms in total. The van der Waals surface area contributed by atoms with Gasteiger partial charge < -0.3 is 0 Å². The highest BCUT2D eigenvalue weighted by Gasteiger charge is 1.87. The molecule has 0 N–H and O–H groups in total. The number of rotatable bonds is 2. The molecule has 0 radical (unpaired) electrons. The van der Waals surface area contributed by atoms with Crippen molar-refractivity contribution >= 4 is 8.58 Å². The van der Waals surface area contributed by atoms with Gasteiger partial charge in [0.05, 0.1) is 0 Å². The first-order valence-corrected chi connectivity index (χ1v) is 3.35. The molecule has 0 heterocycles. The molecule has 0 spiro atoms. The van der Waals surface area contributed by atoms with Crippen LogP contribution in [0.4, 0.5) is 4.39 Å². The lowest BCUT2D eigenvalue weighted by Gasteiger charge is -1.94. The largest absolute Gasteiger partial charge is 0.246 e. The molecule has 2 heteroatoms. The van der Waals surface area contributed by atoms with Crippen molar-refractivity contribution in [2.24, 2.45) is 0 Å². The van der Waals surface area contributed by atoms with Crippen molar-refractivity contribution < 1.29 is 4.39 Å². The maximum Gasteiger partial charge on any atom is 0.106 e. The van der Waals surface area contributed by atoms with Crippen LogP contribution in [0, 0.1) is 0 Å². The lowest BCUT2D eigenvalue weighted by Crippen LogP contribution is -1.80. The summed E-state index contributed by atoms with van der Waals surface area (Å²) in [5.74, 6) is 0. The van der Waals surface area contributed by atoms with Crippen molar-refractivity contribution in [1.82, 2.24) is 0 Å². The quantitative estimate of drug-likeness (QED) is 0.474. The molecule has 0 aromatic heterocycles. The van der Waals surface area contributed by atoms with Gasteiger partial charge in [0.15, 0.2) is 0 Å². The summed E-state index contributed by atoms with van der Waals surface area (Å²) in [4.78, 5) is 0. The van der Waals surface area contributed by atoms with Crippen molar-refractivity contribution in [2.45, 2.75) is 19.5 Å². The minimum Gasteiger partial charge on any atom is -0.246 e. The van der Waals surface area contributed by atoms with Crippen molar-refractivity contribution in [3.8, 4) is 0 Å². The van der Waals surface area contributed by atoms with Gasteiger partial charge in [-0.15, -0.1) is 0 Å². The zero-order valence-electron chi connectivity index (χ0n) is 4.16. The third-order valence-corrected chi connectivity index (χ3v) is 1.46. The van der Waals surface area contributed by atoms with Gasteiger partial charge in [0.2, 0.25) is 0 Å². The first-order chi connectivity index (χ1) is 2.77. The van der Waals surface area contributed by atoms with E-state index < -0.39 is 0 Å². The van der Waals surface area contributed by atoms with E-state index in [1.165, 1.54) is 0 Å². The predicted molar refractivity (Wildman–Crippen MR) is 29.4 cm³/mol. The smallest absolute Gasteiger partial charge is 0.106 e. The zero-order chi connectivity index (χ0) is 4.99. The lowest BCUT2D eigenvalue weighted by molar-refractivity contribution is 0.600. The van der Waals surface area contributed by atoms with Crippen molar-refractivity contribution in [1.29, 1.82) is 0 Å². The molecule has 0 saturated heterocycles. The first kappa shape index (κ1) is 6.36. The summed E-state index contributed by atoms with van der Waals surface area (Å²) in [5, 5.41) is 0. The van der Waals surface area contributed by atoms with E-state index in [-0.39, 0.29) is 6.42 Å². The molecule has 0 amide bonds. The molecule has 0 saturated carbocycles. The Kier molecular flexibility index (Phi) is 3.76. The van der Waals surface area contributed by atoms with Gasteiger partial charge in [-0.05, 0) is 5.66 Å². The summed E-state index contributed by atoms with van der Waals surface area (Å²) in [6.45, 7) is 4.05. The fraction of sp³-hybridized carbons (Fsp3) is 1.00. The summed E-state index contributed by atoms with van der Waals surface area (Å²) in [5.41, 5.74) is 0.551. The maximum absolute atomic E-state index is 11.3. The molecule has 0 bridgehead atoms. The van der Waals surface area contributed by atoms with E-state index in [1.807, 2.05) is 13.8 Å². The van der Waals surface area contributed by atoms with Crippen LogP contribution in [0.15, 0.2) is 0 Å². The highest BCUT2D eigenvalue weighted by molar-refractivity contribution is 7.38. The molecular weight excluding hydrogens is 98.0 g/mol. The Balaban J connectivity index is 2.63. The van der Waals surface area contributed by atoms with E-state index in [2.05, 4.69) is 0 Å². The Bertz CT molecular complexity index is 28.7. The van der Waals surface area contributed by atoms with Crippen LogP contribution >= 0.6 is 8.58 Å². The third-order valence-electron chi connectivity index (χ3n) is 0.485. The summed E-state index contributed by atoms with van der Waals surface area (Å²) in [6, 6.07) is 0. The third kappa shape index (κ3) is 4.36. The van der Waals surface area contributed by atoms with Gasteiger partial charge in [-0.25, -0.2) is 4.39 Å². The van der Waals surface area contributed by atoms with Crippen LogP contribution < -0.4 is 0 Å². The zero-order valence-corrected chi connectivity index (χ0v) is 5.16. The second-order valence-electron chi connectivity index (χ2n) is 1.49. The molecule has 0 fully saturated rings. The van der Waals surface area contributed by atoms with E-state index in [9.17, 15) is 4.39 Å². The topological polar surface area (TPSA) is 0 Å². The standard InChI is InChI=1S/C4H10FP/c1-4(2)6-3-5/h4,6H,3H2,1-2H3. The molecular formula is C4H10FP. The minimum atomic E-state index is -0.141. The van der Waals surface area contributed by atoms with Crippen LogP contribution in [-0.4, -0.2) is 12.1 Å². The molecule has 1 unspecified atom stereocenters. The second-order valence-corrected chi connectivity index (χ2v) is 3.32. The highest BCUT2D eigenvalue weighted by Crippen LogP contribution is 2.16. The Hall–Kier alpha value is 0.360. The molecule has 0 aliphatic rings. The van der Waals surface area contributed by atoms with E-state index >= 15 is 0 Å². The molecule has 0 aliphatic carbocycles. The van der Waals surface area contributed by atoms with Crippen molar-refractivity contribution in [3.63, 3.8) is 0 Å². The van der Waals surface area contributed by atoms with Gasteiger partial charge in [0.25, 0.3) is 0 Å². The molecule has 0 aromatic carbocycles. The molecule has 6 heavy (non-hydrogen) atoms. The molecule has 1 atom stereocenters. The average molecular weight is 108 g/mol. The maximum atomic E-state index is 11.3. The van der Waals surface area contributed by atoms with Crippen molar-refractivity contribution in [2.75, 3.05) is 6.42 Å². The number of alkyl halides is 1. The van der Waals surface area contributed by atoms with Crippen LogP contribution in [0.25, 0.3) is 0 Å². The minimum absolute atomic E-state index is 0.141. The van der Waals surface area contributed by atoms with Crippen LogP contribution in [-0.2, 0) is 0 Å². The monoisotopic (exact) mass is 108 g/mol. The molecule has 0 aliphatic heterocycles. The van der Waals surface area contributed by atoms with Gasteiger partial charge in [0, 0.05) is 0 Å². The van der Waals surface area contributed by atoms with E-state index in [1.54, 1.807) is 0 Å². The highest BCUT2D eigenvalue weighted by atomic mass is 31.1. The van der Waals surface area contributed by atoms with Crippen LogP contribution in [0.5, 0.6) is 0 Å². The number of halogens is 1. The van der Waals surface area contributed by atoms with E-state index in [4.69, 9.17) is 0 Å². The SMILES string of the molecule is CC(C)PCF. The van der Waals surface area contributed by atoms with Crippen LogP contribution in [0.2, 0.25) is 0 Å². The summed E-state index contributed by atoms with van der Waals surface area (Å²) in [7, 11) is 0.505. The van der Waals surface area contributed by atoms with E-state index in [0.29, 0.717) is 14.2 Å². The summed E-state index contributed by atoms with van der Waals surface area (Å²) < 4.78 is 11.3. The Morgan fingerprint density at radius 1 is 1.67 bits per heavy atom. The van der Waals surface area contributed by atoms with Gasteiger partial charge in [-0.3, -0.25) is 0 Å². The average Bonchev–Trinajstić information content (AvgIpc) is 1.35. The van der Waals surface area contributed by atoms with E-state index in [0.717, 1.165) is 0 Å². The Morgan fingerprint density at radius 2 is 2.17 bits per heavy atom. The lowest BCUT2D eigenvalue weighted by atomic mass is 10.6. The number of hydrogen-bond acceptors (Lipinski definition) is 0. The van der Waals surface area contributed by atoms with Gasteiger partial charge in [-0.2, -0.15) is 0 Å².